The van der Waals surface area contributed by atoms with Crippen molar-refractivity contribution in [3.63, 3.8) is 0 Å². The second kappa shape index (κ2) is 7.43. The molecule has 0 saturated heterocycles. The van der Waals surface area contributed by atoms with E-state index in [1.165, 1.54) is 0 Å². The largest absolute Gasteiger partial charge is 0.409 e. The molecule has 0 aliphatic carbocycles. The topological polar surface area (TPSA) is 90.9 Å². The van der Waals surface area contributed by atoms with E-state index in [4.69, 9.17) is 10.9 Å². The van der Waals surface area contributed by atoms with Gasteiger partial charge in [0, 0.05) is 24.8 Å². The maximum atomic E-state index is 9.19. The van der Waals surface area contributed by atoms with E-state index in [0.717, 1.165) is 24.1 Å². The van der Waals surface area contributed by atoms with Gasteiger partial charge >= 0.3 is 0 Å². The molecular formula is C16H27N3O2. The van der Waals surface area contributed by atoms with E-state index in [9.17, 15) is 5.11 Å². The van der Waals surface area contributed by atoms with E-state index in [0.29, 0.717) is 5.56 Å². The van der Waals surface area contributed by atoms with Crippen LogP contribution in [-0.2, 0) is 6.54 Å². The average molecular weight is 293 g/mol. The highest BCUT2D eigenvalue weighted by Gasteiger charge is 2.23. The molecule has 0 aliphatic heterocycles. The first kappa shape index (κ1) is 17.5. The van der Waals surface area contributed by atoms with Gasteiger partial charge < -0.3 is 21.4 Å². The van der Waals surface area contributed by atoms with Crippen molar-refractivity contribution < 1.29 is 10.3 Å². The second-order valence-corrected chi connectivity index (χ2v) is 6.44. The molecule has 1 aromatic carbocycles. The molecule has 0 heterocycles. The molecule has 1 rings (SSSR count). The Kier molecular flexibility index (Phi) is 6.18. The minimum atomic E-state index is 0.0878. The highest BCUT2D eigenvalue weighted by molar-refractivity contribution is 5.97. The first-order valence-electron chi connectivity index (χ1n) is 7.21. The van der Waals surface area contributed by atoms with E-state index >= 15 is 0 Å². The lowest BCUT2D eigenvalue weighted by Gasteiger charge is -2.31. The Hall–Kier alpha value is -1.59. The normalized spacial score (nSPS) is 14.2. The van der Waals surface area contributed by atoms with Crippen molar-refractivity contribution in [2.75, 3.05) is 6.61 Å². The van der Waals surface area contributed by atoms with Gasteiger partial charge in [-0.1, -0.05) is 38.1 Å². The van der Waals surface area contributed by atoms with E-state index in [1.54, 1.807) is 0 Å². The van der Waals surface area contributed by atoms with Crippen LogP contribution in [0.2, 0.25) is 0 Å². The lowest BCUT2D eigenvalue weighted by Crippen LogP contribution is -2.40. The predicted octanol–water partition coefficient (Wildman–Crippen LogP) is 1.98. The summed E-state index contributed by atoms with van der Waals surface area (Å²) >= 11 is 0. The number of rotatable bonds is 6. The van der Waals surface area contributed by atoms with E-state index in [2.05, 4.69) is 31.2 Å². The Bertz CT molecular complexity index is 493. The molecular weight excluding hydrogens is 266 g/mol. The number of aliphatic hydroxyl groups excluding tert-OH is 1. The van der Waals surface area contributed by atoms with Crippen molar-refractivity contribution in [2.24, 2.45) is 16.3 Å². The highest BCUT2D eigenvalue weighted by Crippen LogP contribution is 2.22. The number of amidine groups is 1. The smallest absolute Gasteiger partial charge is 0.170 e. The van der Waals surface area contributed by atoms with Gasteiger partial charge in [0.05, 0.1) is 0 Å². The summed E-state index contributed by atoms with van der Waals surface area (Å²) in [4.78, 5) is 0. The van der Waals surface area contributed by atoms with Crippen LogP contribution >= 0.6 is 0 Å². The Labute approximate surface area is 126 Å². The summed E-state index contributed by atoms with van der Waals surface area (Å²) in [5.41, 5.74) is 8.64. The fraction of sp³-hybridized carbons (Fsp3) is 0.562. The third-order valence-electron chi connectivity index (χ3n) is 3.75. The number of benzene rings is 1. The van der Waals surface area contributed by atoms with Crippen molar-refractivity contribution in [3.8, 4) is 0 Å². The van der Waals surface area contributed by atoms with Gasteiger partial charge in [-0.3, -0.25) is 0 Å². The Balaban J connectivity index is 2.79. The quantitative estimate of drug-likeness (QED) is 0.279. The maximum absolute atomic E-state index is 9.19. The van der Waals surface area contributed by atoms with Gasteiger partial charge in [-0.2, -0.15) is 0 Å². The molecule has 0 saturated carbocycles. The average Bonchev–Trinajstić information content (AvgIpc) is 2.42. The standard InChI is InChI=1S/C16H27N3O2/c1-11-9-12(15(17)19-21)5-6-13(11)10-18-14(7-8-20)16(2,3)4/h5-6,9,14,18,20-21H,7-8,10H2,1-4H3,(H2,17,19). The molecule has 5 nitrogen and oxygen atoms in total. The van der Waals surface area contributed by atoms with Crippen molar-refractivity contribution in [2.45, 2.75) is 46.7 Å². The lowest BCUT2D eigenvalue weighted by atomic mass is 9.84. The number of nitrogens with zero attached hydrogens (tertiary/aromatic N) is 1. The predicted molar refractivity (Wildman–Crippen MR) is 85.5 cm³/mol. The molecule has 1 atom stereocenters. The summed E-state index contributed by atoms with van der Waals surface area (Å²) in [6.45, 7) is 9.39. The summed E-state index contributed by atoms with van der Waals surface area (Å²) in [6.07, 6.45) is 0.727. The molecule has 118 valence electrons. The molecule has 0 aromatic heterocycles. The number of aryl methyl sites for hydroxylation is 1. The van der Waals surface area contributed by atoms with Gasteiger partial charge in [0.15, 0.2) is 5.84 Å². The van der Waals surface area contributed by atoms with Crippen LogP contribution in [0.5, 0.6) is 0 Å². The number of hydrogen-bond donors (Lipinski definition) is 4. The van der Waals surface area contributed by atoms with Gasteiger partial charge in [0.1, 0.15) is 0 Å². The van der Waals surface area contributed by atoms with Crippen molar-refractivity contribution in [1.82, 2.24) is 5.32 Å². The Morgan fingerprint density at radius 3 is 2.52 bits per heavy atom. The van der Waals surface area contributed by atoms with Crippen LogP contribution in [0.15, 0.2) is 23.4 Å². The number of aliphatic hydroxyl groups is 1. The first-order valence-corrected chi connectivity index (χ1v) is 7.21. The maximum Gasteiger partial charge on any atom is 0.170 e. The lowest BCUT2D eigenvalue weighted by molar-refractivity contribution is 0.196. The fourth-order valence-electron chi connectivity index (χ4n) is 2.31. The zero-order valence-corrected chi connectivity index (χ0v) is 13.3. The molecule has 21 heavy (non-hydrogen) atoms. The molecule has 0 aliphatic rings. The SMILES string of the molecule is Cc1cc(/C(N)=N/O)ccc1CNC(CCO)C(C)(C)C. The van der Waals surface area contributed by atoms with Crippen molar-refractivity contribution >= 4 is 5.84 Å². The molecule has 1 unspecified atom stereocenters. The minimum Gasteiger partial charge on any atom is -0.409 e. The Morgan fingerprint density at radius 1 is 1.38 bits per heavy atom. The van der Waals surface area contributed by atoms with Crippen molar-refractivity contribution in [3.05, 3.63) is 34.9 Å². The van der Waals surface area contributed by atoms with Crippen LogP contribution in [0.4, 0.5) is 0 Å². The van der Waals surface area contributed by atoms with E-state index < -0.39 is 0 Å². The Morgan fingerprint density at radius 2 is 2.05 bits per heavy atom. The summed E-state index contributed by atoms with van der Waals surface area (Å²) in [6, 6.07) is 5.97. The summed E-state index contributed by atoms with van der Waals surface area (Å²) in [5, 5.41) is 24.4. The van der Waals surface area contributed by atoms with Crippen LogP contribution < -0.4 is 11.1 Å². The first-order chi connectivity index (χ1) is 9.79. The number of oxime groups is 1. The number of nitrogens with two attached hydrogens (primary N) is 1. The van der Waals surface area contributed by atoms with Gasteiger partial charge in [0.2, 0.25) is 0 Å². The van der Waals surface area contributed by atoms with Crippen LogP contribution in [0.3, 0.4) is 0 Å². The fourth-order valence-corrected chi connectivity index (χ4v) is 2.31. The number of nitrogens with one attached hydrogen (secondary N) is 1. The summed E-state index contributed by atoms with van der Waals surface area (Å²) in [5.74, 6) is 0.116. The molecule has 0 amide bonds. The highest BCUT2D eigenvalue weighted by atomic mass is 16.4. The van der Waals surface area contributed by atoms with E-state index in [-0.39, 0.29) is 23.9 Å². The van der Waals surface area contributed by atoms with E-state index in [1.807, 2.05) is 25.1 Å². The molecule has 0 radical (unpaired) electrons. The molecule has 1 aromatic rings. The molecule has 0 fully saturated rings. The zero-order valence-electron chi connectivity index (χ0n) is 13.3. The number of hydrogen-bond acceptors (Lipinski definition) is 4. The zero-order chi connectivity index (χ0) is 16.0. The van der Waals surface area contributed by atoms with Gasteiger partial charge in [0.25, 0.3) is 0 Å². The van der Waals surface area contributed by atoms with Crippen LogP contribution in [0.25, 0.3) is 0 Å². The summed E-state index contributed by atoms with van der Waals surface area (Å²) < 4.78 is 0. The second-order valence-electron chi connectivity index (χ2n) is 6.44. The van der Waals surface area contributed by atoms with Crippen LogP contribution in [-0.4, -0.2) is 28.8 Å². The molecule has 0 spiro atoms. The van der Waals surface area contributed by atoms with Crippen molar-refractivity contribution in [1.29, 1.82) is 0 Å². The van der Waals surface area contributed by atoms with Crippen LogP contribution in [0, 0.1) is 12.3 Å². The third-order valence-corrected chi connectivity index (χ3v) is 3.75. The summed E-state index contributed by atoms with van der Waals surface area (Å²) in [7, 11) is 0. The monoisotopic (exact) mass is 293 g/mol. The molecule has 5 N–H and O–H groups in total. The minimum absolute atomic E-state index is 0.0878. The molecule has 0 bridgehead atoms. The molecule has 5 heteroatoms. The van der Waals surface area contributed by atoms with Crippen LogP contribution in [0.1, 0.15) is 43.9 Å². The van der Waals surface area contributed by atoms with Gasteiger partial charge in [-0.05, 0) is 36.0 Å². The third kappa shape index (κ3) is 5.02. The van der Waals surface area contributed by atoms with Gasteiger partial charge in [-0.15, -0.1) is 0 Å². The van der Waals surface area contributed by atoms with Gasteiger partial charge in [-0.25, -0.2) is 0 Å².